The maximum atomic E-state index is 3.50. The molecule has 0 unspecified atom stereocenters. The Morgan fingerprint density at radius 1 is 1.06 bits per heavy atom. The number of rotatable bonds is 1. The summed E-state index contributed by atoms with van der Waals surface area (Å²) in [6.45, 7) is 0.829. The van der Waals surface area contributed by atoms with Crippen LogP contribution in [0.5, 0.6) is 0 Å². The Hall–Kier alpha value is -1.48. The second-order valence-corrected chi connectivity index (χ2v) is 4.68. The molecule has 0 fully saturated rings. The molecule has 0 saturated heterocycles. The van der Waals surface area contributed by atoms with Crippen LogP contribution in [0.15, 0.2) is 53.0 Å². The van der Waals surface area contributed by atoms with Gasteiger partial charge in [0.2, 0.25) is 0 Å². The molecule has 2 nitrogen and oxygen atoms in total. The molecular weight excluding hydrogens is 264 g/mol. The van der Waals surface area contributed by atoms with Crippen molar-refractivity contribution in [3.05, 3.63) is 53.0 Å². The molecule has 0 aromatic heterocycles. The molecule has 2 aromatic rings. The number of anilines is 3. The lowest BCUT2D eigenvalue weighted by molar-refractivity contribution is 1.10. The van der Waals surface area contributed by atoms with Gasteiger partial charge >= 0.3 is 0 Å². The normalized spacial score (nSPS) is 13.4. The Bertz CT molecular complexity index is 525. The van der Waals surface area contributed by atoms with E-state index in [9.17, 15) is 0 Å². The van der Waals surface area contributed by atoms with Gasteiger partial charge in [-0.2, -0.15) is 0 Å². The van der Waals surface area contributed by atoms with Gasteiger partial charge in [-0.1, -0.05) is 34.1 Å². The summed E-state index contributed by atoms with van der Waals surface area (Å²) in [4.78, 5) is 2.26. The average molecular weight is 275 g/mol. The fraction of sp³-hybridized carbons (Fsp3) is 0.0769. The molecule has 3 heteroatoms. The van der Waals surface area contributed by atoms with Crippen LogP contribution < -0.4 is 10.2 Å². The SMILES string of the molecule is Brc1cccc(N2CNc3ccccc32)c1. The maximum absolute atomic E-state index is 3.50. The molecule has 1 aliphatic heterocycles. The molecular formula is C13H11BrN2. The van der Waals surface area contributed by atoms with Gasteiger partial charge in [0.25, 0.3) is 0 Å². The fourth-order valence-electron chi connectivity index (χ4n) is 1.98. The molecule has 0 bridgehead atoms. The second-order valence-electron chi connectivity index (χ2n) is 3.76. The zero-order valence-corrected chi connectivity index (χ0v) is 10.2. The highest BCUT2D eigenvalue weighted by Gasteiger charge is 2.18. The molecule has 0 amide bonds. The standard InChI is InChI=1S/C13H11BrN2/c14-10-4-3-5-11(8-10)16-9-15-12-6-1-2-7-13(12)16/h1-8,15H,9H2. The van der Waals surface area contributed by atoms with Crippen molar-refractivity contribution < 1.29 is 0 Å². The topological polar surface area (TPSA) is 15.3 Å². The summed E-state index contributed by atoms with van der Waals surface area (Å²) in [5.41, 5.74) is 3.63. The van der Waals surface area contributed by atoms with Crippen LogP contribution in [0.3, 0.4) is 0 Å². The number of halogens is 1. The summed E-state index contributed by atoms with van der Waals surface area (Å²) in [5.74, 6) is 0. The van der Waals surface area contributed by atoms with E-state index in [0.717, 1.165) is 11.1 Å². The zero-order valence-electron chi connectivity index (χ0n) is 8.65. The molecule has 0 radical (unpaired) electrons. The number of hydrogen-bond donors (Lipinski definition) is 1. The van der Waals surface area contributed by atoms with Gasteiger partial charge in [-0.3, -0.25) is 0 Å². The third-order valence-electron chi connectivity index (χ3n) is 2.74. The molecule has 1 aliphatic rings. The van der Waals surface area contributed by atoms with Crippen molar-refractivity contribution >= 4 is 33.0 Å². The lowest BCUT2D eigenvalue weighted by Gasteiger charge is -2.18. The van der Waals surface area contributed by atoms with Crippen LogP contribution >= 0.6 is 15.9 Å². The first kappa shape index (κ1) is 9.73. The quantitative estimate of drug-likeness (QED) is 0.847. The van der Waals surface area contributed by atoms with E-state index >= 15 is 0 Å². The Balaban J connectivity index is 2.05. The highest BCUT2D eigenvalue weighted by Crippen LogP contribution is 2.36. The maximum Gasteiger partial charge on any atom is 0.0926 e. The minimum absolute atomic E-state index is 0.829. The van der Waals surface area contributed by atoms with Crippen molar-refractivity contribution in [2.24, 2.45) is 0 Å². The Morgan fingerprint density at radius 3 is 2.81 bits per heavy atom. The van der Waals surface area contributed by atoms with E-state index in [2.05, 4.69) is 68.6 Å². The molecule has 0 saturated carbocycles. The summed E-state index contributed by atoms with van der Waals surface area (Å²) in [7, 11) is 0. The number of benzene rings is 2. The monoisotopic (exact) mass is 274 g/mol. The van der Waals surface area contributed by atoms with E-state index in [0.29, 0.717) is 0 Å². The summed E-state index contributed by atoms with van der Waals surface area (Å²) in [6.07, 6.45) is 0. The molecule has 2 aromatic carbocycles. The van der Waals surface area contributed by atoms with Gasteiger partial charge in [-0.25, -0.2) is 0 Å². The Labute approximate surface area is 103 Å². The van der Waals surface area contributed by atoms with Gasteiger partial charge in [0, 0.05) is 10.2 Å². The minimum Gasteiger partial charge on any atom is -0.366 e. The van der Waals surface area contributed by atoms with Crippen LogP contribution in [0, 0.1) is 0 Å². The molecule has 80 valence electrons. The first-order valence-corrected chi connectivity index (χ1v) is 6.00. The molecule has 3 rings (SSSR count). The highest BCUT2D eigenvalue weighted by atomic mass is 79.9. The van der Waals surface area contributed by atoms with Crippen LogP contribution in [-0.2, 0) is 0 Å². The number of para-hydroxylation sites is 2. The van der Waals surface area contributed by atoms with Gasteiger partial charge in [0.1, 0.15) is 0 Å². The van der Waals surface area contributed by atoms with Crippen molar-refractivity contribution in [3.63, 3.8) is 0 Å². The molecule has 0 spiro atoms. The van der Waals surface area contributed by atoms with Gasteiger partial charge < -0.3 is 10.2 Å². The Kier molecular flexibility index (Phi) is 2.33. The smallest absolute Gasteiger partial charge is 0.0926 e. The first-order chi connectivity index (χ1) is 7.84. The number of hydrogen-bond acceptors (Lipinski definition) is 2. The fourth-order valence-corrected chi connectivity index (χ4v) is 2.37. The predicted molar refractivity (Wildman–Crippen MR) is 71.2 cm³/mol. The summed E-state index contributed by atoms with van der Waals surface area (Å²) >= 11 is 3.50. The van der Waals surface area contributed by atoms with E-state index in [1.54, 1.807) is 0 Å². The van der Waals surface area contributed by atoms with Crippen molar-refractivity contribution in [1.29, 1.82) is 0 Å². The van der Waals surface area contributed by atoms with Crippen molar-refractivity contribution in [2.45, 2.75) is 0 Å². The summed E-state index contributed by atoms with van der Waals surface area (Å²) in [6, 6.07) is 16.7. The van der Waals surface area contributed by atoms with Crippen LogP contribution in [0.25, 0.3) is 0 Å². The average Bonchev–Trinajstić information content (AvgIpc) is 2.72. The van der Waals surface area contributed by atoms with E-state index in [4.69, 9.17) is 0 Å². The van der Waals surface area contributed by atoms with Crippen LogP contribution in [0.4, 0.5) is 17.1 Å². The summed E-state index contributed by atoms with van der Waals surface area (Å²) in [5, 5.41) is 3.38. The molecule has 0 atom stereocenters. The molecule has 1 heterocycles. The largest absolute Gasteiger partial charge is 0.366 e. The van der Waals surface area contributed by atoms with Crippen molar-refractivity contribution in [3.8, 4) is 0 Å². The summed E-state index contributed by atoms with van der Waals surface area (Å²) < 4.78 is 1.11. The predicted octanol–water partition coefficient (Wildman–Crippen LogP) is 3.97. The van der Waals surface area contributed by atoms with Crippen molar-refractivity contribution in [2.75, 3.05) is 16.9 Å². The third kappa shape index (κ3) is 1.57. The van der Waals surface area contributed by atoms with Crippen LogP contribution in [0.1, 0.15) is 0 Å². The van der Waals surface area contributed by atoms with E-state index < -0.39 is 0 Å². The van der Waals surface area contributed by atoms with E-state index in [-0.39, 0.29) is 0 Å². The first-order valence-electron chi connectivity index (χ1n) is 5.20. The number of fused-ring (bicyclic) bond motifs is 1. The van der Waals surface area contributed by atoms with Gasteiger partial charge in [-0.05, 0) is 30.3 Å². The second kappa shape index (κ2) is 3.83. The highest BCUT2D eigenvalue weighted by molar-refractivity contribution is 9.10. The van der Waals surface area contributed by atoms with Crippen LogP contribution in [0.2, 0.25) is 0 Å². The van der Waals surface area contributed by atoms with Gasteiger partial charge in [0.05, 0.1) is 18.0 Å². The zero-order chi connectivity index (χ0) is 11.0. The Morgan fingerprint density at radius 2 is 1.94 bits per heavy atom. The molecule has 0 aliphatic carbocycles. The molecule has 1 N–H and O–H groups in total. The lowest BCUT2D eigenvalue weighted by atomic mass is 10.2. The van der Waals surface area contributed by atoms with Gasteiger partial charge in [0.15, 0.2) is 0 Å². The van der Waals surface area contributed by atoms with E-state index in [1.165, 1.54) is 17.1 Å². The number of nitrogens with one attached hydrogen (secondary N) is 1. The van der Waals surface area contributed by atoms with Gasteiger partial charge in [-0.15, -0.1) is 0 Å². The third-order valence-corrected chi connectivity index (χ3v) is 3.24. The number of nitrogens with zero attached hydrogens (tertiary/aromatic N) is 1. The molecule has 16 heavy (non-hydrogen) atoms. The minimum atomic E-state index is 0.829. The van der Waals surface area contributed by atoms with Crippen molar-refractivity contribution in [1.82, 2.24) is 0 Å². The lowest BCUT2D eigenvalue weighted by Crippen LogP contribution is -2.16. The van der Waals surface area contributed by atoms with E-state index in [1.807, 2.05) is 6.07 Å². The van der Waals surface area contributed by atoms with Crippen LogP contribution in [-0.4, -0.2) is 6.67 Å².